The zero-order valence-electron chi connectivity index (χ0n) is 22.4. The summed E-state index contributed by atoms with van der Waals surface area (Å²) in [5, 5.41) is 3.20. The van der Waals surface area contributed by atoms with Crippen molar-refractivity contribution in [1.29, 1.82) is 0 Å². The maximum Gasteiger partial charge on any atom is 0.249 e. The van der Waals surface area contributed by atoms with E-state index >= 15 is 0 Å². The Labute approximate surface area is 221 Å². The summed E-state index contributed by atoms with van der Waals surface area (Å²) in [4.78, 5) is 14.9. The number of piperidine rings is 1. The van der Waals surface area contributed by atoms with Crippen LogP contribution in [0.4, 0.5) is 0 Å². The van der Waals surface area contributed by atoms with Gasteiger partial charge in [0.2, 0.25) is 5.91 Å². The number of nitrogens with one attached hydrogen (secondary N) is 1. The number of methoxy groups -OCH3 is 1. The number of hydrogen-bond donors (Lipinski definition) is 1. The van der Waals surface area contributed by atoms with Crippen molar-refractivity contribution in [3.63, 3.8) is 0 Å². The Kier molecular flexibility index (Phi) is 11.9. The molecule has 1 aliphatic carbocycles. The average Bonchev–Trinajstić information content (AvgIpc) is 2.84. The maximum absolute atomic E-state index is 12.2. The van der Waals surface area contributed by atoms with Crippen LogP contribution in [-0.2, 0) is 16.0 Å². The average molecular weight is 552 g/mol. The molecule has 2 fully saturated rings. The summed E-state index contributed by atoms with van der Waals surface area (Å²) in [5.74, 6) is 2.62. The smallest absolute Gasteiger partial charge is 0.249 e. The Morgan fingerprint density at radius 1 is 1.11 bits per heavy atom. The van der Waals surface area contributed by atoms with Gasteiger partial charge < -0.3 is 19.7 Å². The van der Waals surface area contributed by atoms with Crippen molar-refractivity contribution in [1.82, 2.24) is 10.2 Å². The topological polar surface area (TPSA) is 50.8 Å². The third kappa shape index (κ3) is 9.36. The molecule has 5 nitrogen and oxygen atoms in total. The van der Waals surface area contributed by atoms with Gasteiger partial charge in [-0.15, -0.1) is 0 Å². The fourth-order valence-corrected chi connectivity index (χ4v) is 6.14. The van der Waals surface area contributed by atoms with Crippen LogP contribution in [0, 0.1) is 11.8 Å². The van der Waals surface area contributed by atoms with Gasteiger partial charge in [0.15, 0.2) is 0 Å². The Morgan fingerprint density at radius 2 is 1.83 bits per heavy atom. The zero-order chi connectivity index (χ0) is 25.2. The Balaban J connectivity index is 1.30. The molecule has 0 radical (unpaired) electrons. The van der Waals surface area contributed by atoms with Crippen LogP contribution < -0.4 is 10.1 Å². The van der Waals surface area contributed by atoms with Crippen LogP contribution in [0.2, 0.25) is 0 Å². The zero-order valence-corrected chi connectivity index (χ0v) is 23.9. The number of amides is 1. The lowest BCUT2D eigenvalue weighted by Gasteiger charge is -2.33. The molecule has 1 N–H and O–H groups in total. The van der Waals surface area contributed by atoms with Gasteiger partial charge in [0.25, 0.3) is 0 Å². The van der Waals surface area contributed by atoms with E-state index in [9.17, 15) is 4.79 Å². The van der Waals surface area contributed by atoms with Crippen molar-refractivity contribution in [3.8, 4) is 5.75 Å². The molecule has 1 unspecified atom stereocenters. The Bertz CT molecular complexity index is 767. The van der Waals surface area contributed by atoms with Crippen LogP contribution in [0.3, 0.4) is 0 Å². The molecule has 3 rings (SSSR count). The quantitative estimate of drug-likeness (QED) is 0.328. The SMILES string of the molecule is CCC(OC)C(=O)NC1CCC(CCCN2CCC(Cc3cc(OC(C)C)ccc3Br)CC2)CC1. The Morgan fingerprint density at radius 3 is 2.46 bits per heavy atom. The number of carbonyl (C=O) groups is 1. The predicted octanol–water partition coefficient (Wildman–Crippen LogP) is 6.37. The molecule has 0 bridgehead atoms. The lowest BCUT2D eigenvalue weighted by atomic mass is 9.83. The third-order valence-corrected chi connectivity index (χ3v) is 8.61. The molecular formula is C29H47BrN2O3. The molecule has 1 heterocycles. The number of ether oxygens (including phenoxy) is 2. The number of benzene rings is 1. The summed E-state index contributed by atoms with van der Waals surface area (Å²) < 4.78 is 12.4. The highest BCUT2D eigenvalue weighted by atomic mass is 79.9. The summed E-state index contributed by atoms with van der Waals surface area (Å²) in [6.07, 6.45) is 11.7. The van der Waals surface area contributed by atoms with E-state index < -0.39 is 0 Å². The normalized spacial score (nSPS) is 22.8. The number of nitrogens with zero attached hydrogens (tertiary/aromatic N) is 1. The third-order valence-electron chi connectivity index (χ3n) is 7.83. The van der Waals surface area contributed by atoms with E-state index in [4.69, 9.17) is 9.47 Å². The van der Waals surface area contributed by atoms with Crippen LogP contribution in [0.25, 0.3) is 0 Å². The van der Waals surface area contributed by atoms with Crippen LogP contribution >= 0.6 is 15.9 Å². The van der Waals surface area contributed by atoms with Crippen molar-refractivity contribution in [2.45, 2.75) is 103 Å². The van der Waals surface area contributed by atoms with Crippen LogP contribution in [0.5, 0.6) is 5.75 Å². The molecule has 1 saturated heterocycles. The predicted molar refractivity (Wildman–Crippen MR) is 147 cm³/mol. The van der Waals surface area contributed by atoms with E-state index in [1.165, 1.54) is 68.2 Å². The van der Waals surface area contributed by atoms with Crippen molar-refractivity contribution in [3.05, 3.63) is 28.2 Å². The monoisotopic (exact) mass is 550 g/mol. The second-order valence-electron chi connectivity index (χ2n) is 10.9. The van der Waals surface area contributed by atoms with E-state index in [2.05, 4.69) is 58.2 Å². The molecular weight excluding hydrogens is 504 g/mol. The number of carbonyl (C=O) groups excluding carboxylic acids is 1. The molecule has 0 spiro atoms. The van der Waals surface area contributed by atoms with Crippen molar-refractivity contribution in [2.75, 3.05) is 26.7 Å². The molecule has 0 aromatic heterocycles. The molecule has 2 aliphatic rings. The Hall–Kier alpha value is -1.11. The first-order valence-corrected chi connectivity index (χ1v) is 14.7. The highest BCUT2D eigenvalue weighted by molar-refractivity contribution is 9.10. The maximum atomic E-state index is 12.2. The molecule has 198 valence electrons. The second kappa shape index (κ2) is 14.6. The standard InChI is InChI=1S/C29H47BrN2O3/c1-5-28(34-4)29(33)31-25-10-8-22(9-11-25)7-6-16-32-17-14-23(15-18-32)19-24-20-26(35-21(2)3)12-13-27(24)30/h12-13,20-23,25,28H,5-11,14-19H2,1-4H3,(H,31,33). The largest absolute Gasteiger partial charge is 0.491 e. The molecule has 1 aliphatic heterocycles. The van der Waals surface area contributed by atoms with E-state index in [1.807, 2.05) is 6.92 Å². The molecule has 1 amide bonds. The highest BCUT2D eigenvalue weighted by Gasteiger charge is 2.25. The minimum Gasteiger partial charge on any atom is -0.491 e. The fraction of sp³-hybridized carbons (Fsp3) is 0.759. The first kappa shape index (κ1) is 28.5. The summed E-state index contributed by atoms with van der Waals surface area (Å²) in [7, 11) is 1.62. The van der Waals surface area contributed by atoms with Crippen LogP contribution in [0.1, 0.15) is 84.1 Å². The summed E-state index contributed by atoms with van der Waals surface area (Å²) in [6, 6.07) is 6.74. The van der Waals surface area contributed by atoms with Crippen molar-refractivity contribution >= 4 is 21.8 Å². The van der Waals surface area contributed by atoms with E-state index in [1.54, 1.807) is 7.11 Å². The minimum absolute atomic E-state index is 0.0609. The van der Waals surface area contributed by atoms with Gasteiger partial charge >= 0.3 is 0 Å². The van der Waals surface area contributed by atoms with Crippen molar-refractivity contribution in [2.24, 2.45) is 11.8 Å². The summed E-state index contributed by atoms with van der Waals surface area (Å²) >= 11 is 3.74. The molecule has 6 heteroatoms. The van der Waals surface area contributed by atoms with E-state index in [0.717, 1.165) is 43.3 Å². The van der Waals surface area contributed by atoms with Gasteiger partial charge in [0, 0.05) is 17.6 Å². The fourth-order valence-electron chi connectivity index (χ4n) is 5.73. The minimum atomic E-state index is -0.303. The van der Waals surface area contributed by atoms with E-state index in [0.29, 0.717) is 6.04 Å². The van der Waals surface area contributed by atoms with Gasteiger partial charge in [-0.2, -0.15) is 0 Å². The van der Waals surface area contributed by atoms with Gasteiger partial charge in [0.05, 0.1) is 6.10 Å². The number of rotatable bonds is 12. The number of likely N-dealkylation sites (tertiary alicyclic amines) is 1. The van der Waals surface area contributed by atoms with Crippen molar-refractivity contribution < 1.29 is 14.3 Å². The van der Waals surface area contributed by atoms with Crippen LogP contribution in [-0.4, -0.2) is 55.8 Å². The lowest BCUT2D eigenvalue weighted by molar-refractivity contribution is -0.132. The molecule has 1 atom stereocenters. The highest BCUT2D eigenvalue weighted by Crippen LogP contribution is 2.31. The van der Waals surface area contributed by atoms with Gasteiger partial charge in [-0.1, -0.05) is 22.9 Å². The van der Waals surface area contributed by atoms with Gasteiger partial charge in [-0.25, -0.2) is 0 Å². The molecule has 35 heavy (non-hydrogen) atoms. The number of hydrogen-bond acceptors (Lipinski definition) is 4. The summed E-state index contributed by atoms with van der Waals surface area (Å²) in [5.41, 5.74) is 1.38. The van der Waals surface area contributed by atoms with E-state index in [-0.39, 0.29) is 18.1 Å². The van der Waals surface area contributed by atoms with Crippen LogP contribution in [0.15, 0.2) is 22.7 Å². The summed E-state index contributed by atoms with van der Waals surface area (Å²) in [6.45, 7) is 9.83. The van der Waals surface area contributed by atoms with Gasteiger partial charge in [-0.05, 0) is 133 Å². The molecule has 1 saturated carbocycles. The lowest BCUT2D eigenvalue weighted by Crippen LogP contribution is -2.43. The van der Waals surface area contributed by atoms with Gasteiger partial charge in [-0.3, -0.25) is 4.79 Å². The second-order valence-corrected chi connectivity index (χ2v) is 11.8. The molecule has 1 aromatic rings. The first-order valence-electron chi connectivity index (χ1n) is 13.9. The first-order chi connectivity index (χ1) is 16.9. The number of halogens is 1. The molecule has 1 aromatic carbocycles. The van der Waals surface area contributed by atoms with Gasteiger partial charge in [0.1, 0.15) is 11.9 Å².